The van der Waals surface area contributed by atoms with Crippen molar-refractivity contribution in [2.45, 2.75) is 16.0 Å². The first-order chi connectivity index (χ1) is 8.95. The third-order valence-electron chi connectivity index (χ3n) is 2.21. The highest BCUT2D eigenvalue weighted by molar-refractivity contribution is 9.10. The molecule has 0 aliphatic rings. The molecule has 19 heavy (non-hydrogen) atoms. The van der Waals surface area contributed by atoms with Crippen molar-refractivity contribution in [2.24, 2.45) is 0 Å². The Morgan fingerprint density at radius 2 is 2.16 bits per heavy atom. The fraction of sp³-hybridized carbons (Fsp3) is 0.182. The monoisotopic (exact) mass is 361 g/mol. The van der Waals surface area contributed by atoms with Crippen LogP contribution in [0.5, 0.6) is 0 Å². The second-order valence-corrected chi connectivity index (χ2v) is 7.03. The summed E-state index contributed by atoms with van der Waals surface area (Å²) < 4.78 is 2.40. The SMILES string of the molecule is O=C(O)CC(Sc1nc2ccc(Br)cc2s1)C(=O)O. The Morgan fingerprint density at radius 3 is 2.79 bits per heavy atom. The van der Waals surface area contributed by atoms with E-state index in [0.29, 0.717) is 4.34 Å². The van der Waals surface area contributed by atoms with E-state index < -0.39 is 23.6 Å². The standard InChI is InChI=1S/C11H8BrNO4S2/c12-5-1-2-6-7(3-5)18-11(13-6)19-8(10(16)17)4-9(14)15/h1-3,8H,4H2,(H,14,15)(H,16,17). The number of aliphatic carboxylic acids is 2. The molecule has 1 heterocycles. The second kappa shape index (κ2) is 5.89. The Kier molecular flexibility index (Phi) is 4.43. The molecular formula is C11H8BrNO4S2. The lowest BCUT2D eigenvalue weighted by Gasteiger charge is -2.06. The van der Waals surface area contributed by atoms with Crippen LogP contribution in [0.3, 0.4) is 0 Å². The van der Waals surface area contributed by atoms with E-state index >= 15 is 0 Å². The van der Waals surface area contributed by atoms with Crippen molar-refractivity contribution in [1.82, 2.24) is 4.98 Å². The Balaban J connectivity index is 2.23. The first kappa shape index (κ1) is 14.3. The minimum atomic E-state index is -1.15. The van der Waals surface area contributed by atoms with Crippen molar-refractivity contribution >= 4 is 61.2 Å². The predicted octanol–water partition coefficient (Wildman–Crippen LogP) is 3.08. The molecule has 0 radical (unpaired) electrons. The van der Waals surface area contributed by atoms with Crippen molar-refractivity contribution < 1.29 is 19.8 Å². The average molecular weight is 362 g/mol. The lowest BCUT2D eigenvalue weighted by Crippen LogP contribution is -2.20. The number of aromatic nitrogens is 1. The van der Waals surface area contributed by atoms with E-state index in [0.717, 1.165) is 26.5 Å². The molecule has 5 nitrogen and oxygen atoms in total. The molecule has 1 atom stereocenters. The highest BCUT2D eigenvalue weighted by Crippen LogP contribution is 2.34. The number of hydrogen-bond acceptors (Lipinski definition) is 5. The second-order valence-electron chi connectivity index (χ2n) is 3.63. The quantitative estimate of drug-likeness (QED) is 0.795. The number of carbonyl (C=O) groups is 2. The van der Waals surface area contributed by atoms with E-state index in [1.807, 2.05) is 18.2 Å². The smallest absolute Gasteiger partial charge is 0.317 e. The predicted molar refractivity (Wildman–Crippen MR) is 76.9 cm³/mol. The number of carboxylic acids is 2. The largest absolute Gasteiger partial charge is 0.481 e. The summed E-state index contributed by atoms with van der Waals surface area (Å²) in [5.41, 5.74) is 0.773. The number of hydrogen-bond donors (Lipinski definition) is 2. The Bertz CT molecular complexity index is 643. The fourth-order valence-electron chi connectivity index (χ4n) is 1.39. The van der Waals surface area contributed by atoms with Crippen LogP contribution in [0.1, 0.15) is 6.42 Å². The summed E-state index contributed by atoms with van der Waals surface area (Å²) >= 11 is 5.67. The van der Waals surface area contributed by atoms with Crippen LogP contribution in [-0.4, -0.2) is 32.4 Å². The zero-order chi connectivity index (χ0) is 14.0. The summed E-state index contributed by atoms with van der Waals surface area (Å²) in [4.78, 5) is 25.9. The van der Waals surface area contributed by atoms with Crippen LogP contribution in [0.2, 0.25) is 0 Å². The lowest BCUT2D eigenvalue weighted by molar-refractivity contribution is -0.142. The molecule has 1 aromatic carbocycles. The van der Waals surface area contributed by atoms with Gasteiger partial charge in [0.05, 0.1) is 16.6 Å². The minimum absolute atomic E-state index is 0.431. The minimum Gasteiger partial charge on any atom is -0.481 e. The first-order valence-corrected chi connectivity index (χ1v) is 7.62. The molecule has 8 heteroatoms. The topological polar surface area (TPSA) is 87.5 Å². The van der Waals surface area contributed by atoms with Gasteiger partial charge in [0.15, 0.2) is 4.34 Å². The van der Waals surface area contributed by atoms with E-state index in [4.69, 9.17) is 10.2 Å². The summed E-state index contributed by atoms with van der Waals surface area (Å²) in [6, 6.07) is 5.57. The number of thiazole rings is 1. The molecule has 1 aromatic heterocycles. The van der Waals surface area contributed by atoms with Gasteiger partial charge in [-0.15, -0.1) is 11.3 Å². The van der Waals surface area contributed by atoms with Crippen LogP contribution < -0.4 is 0 Å². The number of benzene rings is 1. The van der Waals surface area contributed by atoms with Gasteiger partial charge in [0.2, 0.25) is 0 Å². The van der Waals surface area contributed by atoms with Crippen molar-refractivity contribution in [3.8, 4) is 0 Å². The number of nitrogens with zero attached hydrogens (tertiary/aromatic N) is 1. The number of thioether (sulfide) groups is 1. The lowest BCUT2D eigenvalue weighted by atomic mass is 10.3. The molecule has 0 amide bonds. The van der Waals surface area contributed by atoms with Gasteiger partial charge < -0.3 is 10.2 Å². The zero-order valence-electron chi connectivity index (χ0n) is 9.37. The van der Waals surface area contributed by atoms with Gasteiger partial charge >= 0.3 is 11.9 Å². The maximum absolute atomic E-state index is 11.0. The van der Waals surface area contributed by atoms with Crippen molar-refractivity contribution in [2.75, 3.05) is 0 Å². The van der Waals surface area contributed by atoms with Crippen LogP contribution in [0, 0.1) is 0 Å². The molecule has 2 N–H and O–H groups in total. The summed E-state index contributed by atoms with van der Waals surface area (Å²) in [7, 11) is 0. The summed E-state index contributed by atoms with van der Waals surface area (Å²) in [6.07, 6.45) is -0.431. The van der Waals surface area contributed by atoms with Gasteiger partial charge in [-0.2, -0.15) is 0 Å². The van der Waals surface area contributed by atoms with Crippen LogP contribution in [0.4, 0.5) is 0 Å². The molecule has 100 valence electrons. The van der Waals surface area contributed by atoms with Gasteiger partial charge in [0.1, 0.15) is 5.25 Å². The van der Waals surface area contributed by atoms with Crippen LogP contribution in [0.25, 0.3) is 10.2 Å². The van der Waals surface area contributed by atoms with E-state index in [1.54, 1.807) is 0 Å². The average Bonchev–Trinajstić information content (AvgIpc) is 2.68. The number of rotatable bonds is 5. The van der Waals surface area contributed by atoms with Crippen LogP contribution in [-0.2, 0) is 9.59 Å². The molecule has 0 fully saturated rings. The summed E-state index contributed by atoms with van der Waals surface area (Å²) in [5, 5.41) is 16.6. The molecule has 2 rings (SSSR count). The first-order valence-electron chi connectivity index (χ1n) is 5.13. The van der Waals surface area contributed by atoms with E-state index in [2.05, 4.69) is 20.9 Å². The fourth-order valence-corrected chi connectivity index (χ4v) is 4.17. The van der Waals surface area contributed by atoms with E-state index in [1.165, 1.54) is 11.3 Å². The van der Waals surface area contributed by atoms with Gasteiger partial charge in [-0.3, -0.25) is 9.59 Å². The van der Waals surface area contributed by atoms with Gasteiger partial charge in [-0.25, -0.2) is 4.98 Å². The number of fused-ring (bicyclic) bond motifs is 1. The normalized spacial score (nSPS) is 12.5. The molecule has 0 aliphatic carbocycles. The van der Waals surface area contributed by atoms with Gasteiger partial charge in [-0.1, -0.05) is 27.7 Å². The van der Waals surface area contributed by atoms with E-state index in [9.17, 15) is 9.59 Å². The van der Waals surface area contributed by atoms with Crippen molar-refractivity contribution in [1.29, 1.82) is 0 Å². The van der Waals surface area contributed by atoms with Crippen molar-refractivity contribution in [3.05, 3.63) is 22.7 Å². The molecule has 0 spiro atoms. The van der Waals surface area contributed by atoms with Gasteiger partial charge in [0.25, 0.3) is 0 Å². The third kappa shape index (κ3) is 3.68. The highest BCUT2D eigenvalue weighted by Gasteiger charge is 2.23. The zero-order valence-corrected chi connectivity index (χ0v) is 12.6. The van der Waals surface area contributed by atoms with E-state index in [-0.39, 0.29) is 0 Å². The Hall–Kier alpha value is -1.12. The molecule has 1 unspecified atom stereocenters. The Morgan fingerprint density at radius 1 is 1.42 bits per heavy atom. The molecule has 0 saturated heterocycles. The van der Waals surface area contributed by atoms with Gasteiger partial charge in [0, 0.05) is 4.47 Å². The number of halogens is 1. The summed E-state index contributed by atoms with van der Waals surface area (Å²) in [5.74, 6) is -2.28. The number of carboxylic acid groups (broad SMARTS) is 2. The van der Waals surface area contributed by atoms with Crippen LogP contribution in [0.15, 0.2) is 27.0 Å². The van der Waals surface area contributed by atoms with Crippen molar-refractivity contribution in [3.63, 3.8) is 0 Å². The molecule has 0 bridgehead atoms. The molecule has 0 aliphatic heterocycles. The maximum Gasteiger partial charge on any atom is 0.317 e. The molecular weight excluding hydrogens is 354 g/mol. The molecule has 0 saturated carbocycles. The third-order valence-corrected chi connectivity index (χ3v) is 5.00. The highest BCUT2D eigenvalue weighted by atomic mass is 79.9. The maximum atomic E-state index is 11.0. The van der Waals surface area contributed by atoms with Crippen LogP contribution >= 0.6 is 39.0 Å². The summed E-state index contributed by atoms with van der Waals surface area (Å²) in [6.45, 7) is 0. The van der Waals surface area contributed by atoms with Gasteiger partial charge in [-0.05, 0) is 18.2 Å². The molecule has 2 aromatic rings. The Labute approximate surface area is 124 Å².